The maximum absolute atomic E-state index is 12.0. The largest absolute Gasteiger partial charge is 0.382 e. The van der Waals surface area contributed by atoms with E-state index >= 15 is 0 Å². The van der Waals surface area contributed by atoms with Crippen LogP contribution in [-0.4, -0.2) is 31.1 Å². The van der Waals surface area contributed by atoms with Crippen molar-refractivity contribution in [3.63, 3.8) is 0 Å². The molecule has 1 aliphatic heterocycles. The Hall–Kier alpha value is -1.71. The Morgan fingerprint density at radius 2 is 2.11 bits per heavy atom. The highest BCUT2D eigenvalue weighted by Gasteiger charge is 2.20. The summed E-state index contributed by atoms with van der Waals surface area (Å²) in [5.41, 5.74) is 2.03. The third-order valence-corrected chi connectivity index (χ3v) is 2.79. The number of anilines is 2. The maximum atomic E-state index is 12.0. The minimum atomic E-state index is -0.176. The SMILES string of the molecule is CC(C)(C)NC(=O)CN1CCNc2ccccc21. The first kappa shape index (κ1) is 12.7. The number of carbonyl (C=O) groups is 1. The average molecular weight is 247 g/mol. The molecule has 1 aliphatic rings. The van der Waals surface area contributed by atoms with Crippen molar-refractivity contribution in [2.75, 3.05) is 29.9 Å². The summed E-state index contributed by atoms with van der Waals surface area (Å²) in [6.45, 7) is 8.13. The van der Waals surface area contributed by atoms with Gasteiger partial charge in [-0.3, -0.25) is 4.79 Å². The van der Waals surface area contributed by atoms with E-state index in [9.17, 15) is 4.79 Å². The predicted octanol–water partition coefficient (Wildman–Crippen LogP) is 1.83. The average Bonchev–Trinajstić information content (AvgIpc) is 2.27. The molecule has 18 heavy (non-hydrogen) atoms. The van der Waals surface area contributed by atoms with Crippen LogP contribution in [0.15, 0.2) is 24.3 Å². The van der Waals surface area contributed by atoms with E-state index in [0.717, 1.165) is 24.5 Å². The molecule has 1 heterocycles. The summed E-state index contributed by atoms with van der Waals surface area (Å²) in [5, 5.41) is 6.34. The summed E-state index contributed by atoms with van der Waals surface area (Å²) >= 11 is 0. The number of hydrogen-bond acceptors (Lipinski definition) is 3. The number of benzene rings is 1. The van der Waals surface area contributed by atoms with Crippen LogP contribution in [0.3, 0.4) is 0 Å². The monoisotopic (exact) mass is 247 g/mol. The Morgan fingerprint density at radius 3 is 2.83 bits per heavy atom. The van der Waals surface area contributed by atoms with Crippen LogP contribution in [0.1, 0.15) is 20.8 Å². The number of rotatable bonds is 2. The van der Waals surface area contributed by atoms with Crippen LogP contribution in [0.4, 0.5) is 11.4 Å². The molecule has 0 bridgehead atoms. The minimum absolute atomic E-state index is 0.0687. The van der Waals surface area contributed by atoms with E-state index in [4.69, 9.17) is 0 Å². The topological polar surface area (TPSA) is 44.4 Å². The van der Waals surface area contributed by atoms with Gasteiger partial charge in [-0.2, -0.15) is 0 Å². The second-order valence-electron chi connectivity index (χ2n) is 5.66. The second kappa shape index (κ2) is 4.88. The van der Waals surface area contributed by atoms with E-state index in [-0.39, 0.29) is 11.4 Å². The lowest BCUT2D eigenvalue weighted by molar-refractivity contribution is -0.121. The molecule has 0 radical (unpaired) electrons. The lowest BCUT2D eigenvalue weighted by Crippen LogP contribution is -2.47. The fourth-order valence-corrected chi connectivity index (χ4v) is 2.14. The number of amides is 1. The van der Waals surface area contributed by atoms with E-state index in [1.54, 1.807) is 0 Å². The van der Waals surface area contributed by atoms with Gasteiger partial charge in [-0.25, -0.2) is 0 Å². The van der Waals surface area contributed by atoms with Crippen molar-refractivity contribution in [2.24, 2.45) is 0 Å². The number of nitrogens with zero attached hydrogens (tertiary/aromatic N) is 1. The summed E-state index contributed by atoms with van der Waals surface area (Å²) in [7, 11) is 0. The molecule has 1 aromatic rings. The summed E-state index contributed by atoms with van der Waals surface area (Å²) in [5.74, 6) is 0.0687. The Morgan fingerprint density at radius 1 is 1.39 bits per heavy atom. The van der Waals surface area contributed by atoms with Gasteiger partial charge in [0.1, 0.15) is 0 Å². The molecule has 2 N–H and O–H groups in total. The van der Waals surface area contributed by atoms with Crippen molar-refractivity contribution in [1.82, 2.24) is 5.32 Å². The van der Waals surface area contributed by atoms with Gasteiger partial charge in [0.25, 0.3) is 0 Å². The third kappa shape index (κ3) is 3.15. The van der Waals surface area contributed by atoms with Gasteiger partial charge in [-0.1, -0.05) is 12.1 Å². The Labute approximate surface area is 108 Å². The van der Waals surface area contributed by atoms with Crippen molar-refractivity contribution in [3.8, 4) is 0 Å². The number of para-hydroxylation sites is 2. The van der Waals surface area contributed by atoms with Gasteiger partial charge in [0.15, 0.2) is 0 Å². The van der Waals surface area contributed by atoms with Gasteiger partial charge in [-0.15, -0.1) is 0 Å². The van der Waals surface area contributed by atoms with Gasteiger partial charge >= 0.3 is 0 Å². The number of hydrogen-bond donors (Lipinski definition) is 2. The molecule has 98 valence electrons. The van der Waals surface area contributed by atoms with E-state index in [1.165, 1.54) is 0 Å². The molecular weight excluding hydrogens is 226 g/mol. The number of fused-ring (bicyclic) bond motifs is 1. The highest BCUT2D eigenvalue weighted by molar-refractivity contribution is 5.84. The molecule has 0 saturated carbocycles. The molecular formula is C14H21N3O. The van der Waals surface area contributed by atoms with E-state index in [2.05, 4.69) is 15.5 Å². The van der Waals surface area contributed by atoms with Crippen molar-refractivity contribution in [3.05, 3.63) is 24.3 Å². The molecule has 0 atom stereocenters. The van der Waals surface area contributed by atoms with Crippen LogP contribution in [0.2, 0.25) is 0 Å². The van der Waals surface area contributed by atoms with E-state index in [0.29, 0.717) is 6.54 Å². The maximum Gasteiger partial charge on any atom is 0.239 e. The highest BCUT2D eigenvalue weighted by Crippen LogP contribution is 2.27. The van der Waals surface area contributed by atoms with Crippen molar-refractivity contribution >= 4 is 17.3 Å². The first-order chi connectivity index (χ1) is 8.46. The molecule has 0 unspecified atom stereocenters. The molecule has 0 aromatic heterocycles. The van der Waals surface area contributed by atoms with Crippen molar-refractivity contribution < 1.29 is 4.79 Å². The summed E-state index contributed by atoms with van der Waals surface area (Å²) in [4.78, 5) is 14.1. The molecule has 0 saturated heterocycles. The molecule has 0 fully saturated rings. The molecule has 4 heteroatoms. The normalized spacial score (nSPS) is 14.7. The molecule has 4 nitrogen and oxygen atoms in total. The van der Waals surface area contributed by atoms with Crippen LogP contribution in [-0.2, 0) is 4.79 Å². The Bertz CT molecular complexity index is 437. The van der Waals surface area contributed by atoms with Crippen LogP contribution >= 0.6 is 0 Å². The third-order valence-electron chi connectivity index (χ3n) is 2.79. The fourth-order valence-electron chi connectivity index (χ4n) is 2.14. The second-order valence-corrected chi connectivity index (χ2v) is 5.66. The zero-order valence-corrected chi connectivity index (χ0v) is 11.3. The van der Waals surface area contributed by atoms with Gasteiger partial charge in [-0.05, 0) is 32.9 Å². The first-order valence-electron chi connectivity index (χ1n) is 6.34. The van der Waals surface area contributed by atoms with Gasteiger partial charge in [0.05, 0.1) is 17.9 Å². The molecule has 1 aromatic carbocycles. The molecule has 0 aliphatic carbocycles. The van der Waals surface area contributed by atoms with Crippen LogP contribution < -0.4 is 15.5 Å². The van der Waals surface area contributed by atoms with Crippen LogP contribution in [0, 0.1) is 0 Å². The predicted molar refractivity (Wildman–Crippen MR) is 75.0 cm³/mol. The van der Waals surface area contributed by atoms with E-state index < -0.39 is 0 Å². The summed E-state index contributed by atoms with van der Waals surface area (Å²) in [6.07, 6.45) is 0. The standard InChI is InChI=1S/C14H21N3O/c1-14(2,3)16-13(18)10-17-9-8-15-11-6-4-5-7-12(11)17/h4-7,15H,8-10H2,1-3H3,(H,16,18). The van der Waals surface area contributed by atoms with Crippen molar-refractivity contribution in [1.29, 1.82) is 0 Å². The quantitative estimate of drug-likeness (QED) is 0.838. The van der Waals surface area contributed by atoms with Crippen LogP contribution in [0.25, 0.3) is 0 Å². The summed E-state index contributed by atoms with van der Waals surface area (Å²) in [6, 6.07) is 8.10. The van der Waals surface area contributed by atoms with Crippen molar-refractivity contribution in [2.45, 2.75) is 26.3 Å². The molecule has 0 spiro atoms. The van der Waals surface area contributed by atoms with E-state index in [1.807, 2.05) is 45.0 Å². The van der Waals surface area contributed by atoms with Gasteiger partial charge in [0, 0.05) is 18.6 Å². The number of carbonyl (C=O) groups excluding carboxylic acids is 1. The zero-order chi connectivity index (χ0) is 13.2. The lowest BCUT2D eigenvalue weighted by Gasteiger charge is -2.32. The minimum Gasteiger partial charge on any atom is -0.382 e. The zero-order valence-electron chi connectivity index (χ0n) is 11.3. The first-order valence-corrected chi connectivity index (χ1v) is 6.34. The van der Waals surface area contributed by atoms with Gasteiger partial charge in [0.2, 0.25) is 5.91 Å². The number of nitrogens with one attached hydrogen (secondary N) is 2. The Kier molecular flexibility index (Phi) is 3.45. The lowest BCUT2D eigenvalue weighted by atomic mass is 10.1. The Balaban J connectivity index is 2.05. The smallest absolute Gasteiger partial charge is 0.239 e. The highest BCUT2D eigenvalue weighted by atomic mass is 16.2. The fraction of sp³-hybridized carbons (Fsp3) is 0.500. The van der Waals surface area contributed by atoms with Gasteiger partial charge < -0.3 is 15.5 Å². The molecule has 1 amide bonds. The van der Waals surface area contributed by atoms with Crippen LogP contribution in [0.5, 0.6) is 0 Å². The summed E-state index contributed by atoms with van der Waals surface area (Å²) < 4.78 is 0. The molecule has 2 rings (SSSR count).